The Morgan fingerprint density at radius 3 is 2.34 bits per heavy atom. The topological polar surface area (TPSA) is 78.0 Å². The summed E-state index contributed by atoms with van der Waals surface area (Å²) in [7, 11) is 3.35. The first kappa shape index (κ1) is 27.7. The van der Waals surface area contributed by atoms with Gasteiger partial charge >= 0.3 is 0 Å². The number of anilines is 1. The lowest BCUT2D eigenvalue weighted by atomic mass is 10.1. The van der Waals surface area contributed by atoms with E-state index in [9.17, 15) is 4.79 Å². The van der Waals surface area contributed by atoms with E-state index in [0.717, 1.165) is 31.2 Å². The van der Waals surface area contributed by atoms with E-state index >= 15 is 0 Å². The number of likely N-dealkylation sites (N-methyl/N-ethyl adjacent to an activating group) is 1. The Kier molecular flexibility index (Phi) is 12.7. The summed E-state index contributed by atoms with van der Waals surface area (Å²) >= 11 is 0. The second-order valence-electron chi connectivity index (χ2n) is 7.17. The number of guanidine groups is 1. The summed E-state index contributed by atoms with van der Waals surface area (Å²) in [6, 6.07) is 16.5. The van der Waals surface area contributed by atoms with Crippen molar-refractivity contribution in [3.8, 4) is 5.75 Å². The Bertz CT molecular complexity index is 857. The molecule has 0 aliphatic carbocycles. The molecule has 0 radical (unpaired) electrons. The second-order valence-corrected chi connectivity index (χ2v) is 7.17. The SMILES string of the molecule is CCN(CC)C(CNC(=NC)NCc1ccc(OC)c(NC(C)=O)c1)c1ccccc1.I. The summed E-state index contributed by atoms with van der Waals surface area (Å²) in [6.07, 6.45) is 0. The number of amides is 1. The van der Waals surface area contributed by atoms with Gasteiger partial charge in [0, 0.05) is 27.1 Å². The van der Waals surface area contributed by atoms with E-state index in [0.29, 0.717) is 18.0 Å². The fraction of sp³-hybridized carbons (Fsp3) is 0.417. The molecule has 2 aromatic rings. The molecule has 8 heteroatoms. The van der Waals surface area contributed by atoms with Crippen LogP contribution < -0.4 is 20.7 Å². The molecule has 3 N–H and O–H groups in total. The molecule has 0 aliphatic heterocycles. The molecule has 0 spiro atoms. The number of nitrogens with one attached hydrogen (secondary N) is 3. The maximum Gasteiger partial charge on any atom is 0.221 e. The van der Waals surface area contributed by atoms with Crippen molar-refractivity contribution >= 4 is 41.5 Å². The minimum Gasteiger partial charge on any atom is -0.495 e. The zero-order valence-corrected chi connectivity index (χ0v) is 22.0. The van der Waals surface area contributed by atoms with Gasteiger partial charge in [-0.05, 0) is 36.3 Å². The highest BCUT2D eigenvalue weighted by Gasteiger charge is 2.18. The van der Waals surface area contributed by atoms with E-state index < -0.39 is 0 Å². The van der Waals surface area contributed by atoms with Gasteiger partial charge in [-0.2, -0.15) is 0 Å². The Labute approximate surface area is 209 Å². The van der Waals surface area contributed by atoms with Crippen LogP contribution in [0.2, 0.25) is 0 Å². The number of nitrogens with zero attached hydrogens (tertiary/aromatic N) is 2. The Balaban J connectivity index is 0.00000512. The molecule has 32 heavy (non-hydrogen) atoms. The van der Waals surface area contributed by atoms with Gasteiger partial charge in [-0.1, -0.05) is 50.2 Å². The standard InChI is InChI=1S/C24H35N5O2.HI/c1-6-29(7-2)22(20-11-9-8-10-12-20)17-27-24(25-4)26-16-19-13-14-23(31-5)21(15-19)28-18(3)30;/h8-15,22H,6-7,16-17H2,1-5H3,(H,28,30)(H2,25,26,27);1H. The predicted octanol–water partition coefficient (Wildman–Crippen LogP) is 4.02. The van der Waals surface area contributed by atoms with Gasteiger partial charge in [0.1, 0.15) is 5.75 Å². The third kappa shape index (κ3) is 8.31. The molecule has 2 rings (SSSR count). The first-order chi connectivity index (χ1) is 15.0. The van der Waals surface area contributed by atoms with Gasteiger partial charge in [-0.3, -0.25) is 14.7 Å². The molecular formula is C24H36IN5O2. The molecule has 176 valence electrons. The van der Waals surface area contributed by atoms with Crippen LogP contribution in [0.25, 0.3) is 0 Å². The van der Waals surface area contributed by atoms with Crippen molar-refractivity contribution in [2.75, 3.05) is 39.1 Å². The van der Waals surface area contributed by atoms with Gasteiger partial charge < -0.3 is 20.7 Å². The second kappa shape index (κ2) is 14.7. The van der Waals surface area contributed by atoms with E-state index in [4.69, 9.17) is 4.74 Å². The summed E-state index contributed by atoms with van der Waals surface area (Å²) < 4.78 is 5.32. The van der Waals surface area contributed by atoms with Crippen molar-refractivity contribution in [3.63, 3.8) is 0 Å². The molecule has 1 amide bonds. The van der Waals surface area contributed by atoms with Crippen molar-refractivity contribution in [1.29, 1.82) is 0 Å². The monoisotopic (exact) mass is 553 g/mol. The lowest BCUT2D eigenvalue weighted by Crippen LogP contribution is -2.43. The number of benzene rings is 2. The van der Waals surface area contributed by atoms with Crippen LogP contribution in [0.4, 0.5) is 5.69 Å². The molecule has 0 heterocycles. The highest BCUT2D eigenvalue weighted by atomic mass is 127. The van der Waals surface area contributed by atoms with Gasteiger partial charge in [0.2, 0.25) is 5.91 Å². The maximum absolute atomic E-state index is 11.5. The molecule has 2 aromatic carbocycles. The zero-order chi connectivity index (χ0) is 22.6. The minimum atomic E-state index is -0.135. The van der Waals surface area contributed by atoms with Gasteiger partial charge in [0.15, 0.2) is 5.96 Å². The average molecular weight is 553 g/mol. The summed E-state index contributed by atoms with van der Waals surface area (Å²) in [6.45, 7) is 9.10. The number of carbonyl (C=O) groups is 1. The van der Waals surface area contributed by atoms with Crippen LogP contribution in [0.15, 0.2) is 53.5 Å². The van der Waals surface area contributed by atoms with Crippen molar-refractivity contribution in [2.24, 2.45) is 4.99 Å². The number of hydrogen-bond donors (Lipinski definition) is 3. The molecule has 1 atom stereocenters. The number of rotatable bonds is 10. The average Bonchev–Trinajstić information content (AvgIpc) is 2.78. The molecule has 0 fully saturated rings. The first-order valence-corrected chi connectivity index (χ1v) is 10.7. The van der Waals surface area contributed by atoms with Crippen LogP contribution in [0.1, 0.15) is 37.9 Å². The van der Waals surface area contributed by atoms with E-state index in [1.54, 1.807) is 14.2 Å². The zero-order valence-electron chi connectivity index (χ0n) is 19.6. The number of methoxy groups -OCH3 is 1. The molecule has 0 bridgehead atoms. The van der Waals surface area contributed by atoms with Crippen LogP contribution >= 0.6 is 24.0 Å². The summed E-state index contributed by atoms with van der Waals surface area (Å²) in [5.74, 6) is 1.22. The van der Waals surface area contributed by atoms with Crippen molar-refractivity contribution < 1.29 is 9.53 Å². The molecule has 1 unspecified atom stereocenters. The van der Waals surface area contributed by atoms with E-state index in [1.165, 1.54) is 12.5 Å². The highest BCUT2D eigenvalue weighted by molar-refractivity contribution is 14.0. The lowest BCUT2D eigenvalue weighted by Gasteiger charge is -2.30. The molecule has 0 aliphatic rings. The summed E-state index contributed by atoms with van der Waals surface area (Å²) in [5.41, 5.74) is 2.95. The van der Waals surface area contributed by atoms with Crippen molar-refractivity contribution in [1.82, 2.24) is 15.5 Å². The van der Waals surface area contributed by atoms with E-state index in [2.05, 4.69) is 64.0 Å². The lowest BCUT2D eigenvalue weighted by molar-refractivity contribution is -0.114. The smallest absolute Gasteiger partial charge is 0.221 e. The number of hydrogen-bond acceptors (Lipinski definition) is 4. The Hall–Kier alpha value is -2.33. The van der Waals surface area contributed by atoms with Gasteiger partial charge in [0.05, 0.1) is 18.8 Å². The van der Waals surface area contributed by atoms with Crippen molar-refractivity contribution in [3.05, 3.63) is 59.7 Å². The predicted molar refractivity (Wildman–Crippen MR) is 143 cm³/mol. The number of ether oxygens (including phenoxy) is 1. The summed E-state index contributed by atoms with van der Waals surface area (Å²) in [4.78, 5) is 18.3. The fourth-order valence-corrected chi connectivity index (χ4v) is 3.55. The van der Waals surface area contributed by atoms with Crippen LogP contribution in [0.5, 0.6) is 5.75 Å². The maximum atomic E-state index is 11.5. The Morgan fingerprint density at radius 1 is 1.09 bits per heavy atom. The largest absolute Gasteiger partial charge is 0.495 e. The fourth-order valence-electron chi connectivity index (χ4n) is 3.55. The molecule has 0 saturated carbocycles. The number of halogens is 1. The van der Waals surface area contributed by atoms with E-state index in [-0.39, 0.29) is 35.9 Å². The minimum absolute atomic E-state index is 0. The Morgan fingerprint density at radius 2 is 1.78 bits per heavy atom. The molecule has 7 nitrogen and oxygen atoms in total. The number of aliphatic imine (C=N–C) groups is 1. The van der Waals surface area contributed by atoms with Crippen LogP contribution in [0.3, 0.4) is 0 Å². The van der Waals surface area contributed by atoms with Crippen LogP contribution in [-0.2, 0) is 11.3 Å². The van der Waals surface area contributed by atoms with Gasteiger partial charge in [-0.25, -0.2) is 0 Å². The molecular weight excluding hydrogens is 517 g/mol. The normalized spacial score (nSPS) is 12.0. The van der Waals surface area contributed by atoms with Gasteiger partial charge in [-0.15, -0.1) is 24.0 Å². The highest BCUT2D eigenvalue weighted by Crippen LogP contribution is 2.25. The van der Waals surface area contributed by atoms with E-state index in [1.807, 2.05) is 24.3 Å². The summed E-state index contributed by atoms with van der Waals surface area (Å²) in [5, 5.41) is 9.62. The third-order valence-corrected chi connectivity index (χ3v) is 5.16. The van der Waals surface area contributed by atoms with Gasteiger partial charge in [0.25, 0.3) is 0 Å². The first-order valence-electron chi connectivity index (χ1n) is 10.7. The van der Waals surface area contributed by atoms with Crippen molar-refractivity contribution in [2.45, 2.75) is 33.4 Å². The quantitative estimate of drug-likeness (QED) is 0.236. The number of carbonyl (C=O) groups excluding carboxylic acids is 1. The molecule has 0 aromatic heterocycles. The van der Waals surface area contributed by atoms with Crippen LogP contribution in [0, 0.1) is 0 Å². The molecule has 0 saturated heterocycles. The third-order valence-electron chi connectivity index (χ3n) is 5.16. The van der Waals surface area contributed by atoms with Crippen LogP contribution in [-0.4, -0.2) is 50.6 Å².